The van der Waals surface area contributed by atoms with E-state index in [1.165, 1.54) is 12.1 Å². The third kappa shape index (κ3) is 3.99. The highest BCUT2D eigenvalue weighted by Crippen LogP contribution is 2.24. The van der Waals surface area contributed by atoms with Crippen molar-refractivity contribution in [2.24, 2.45) is 0 Å². The summed E-state index contributed by atoms with van der Waals surface area (Å²) in [5.74, 6) is 0.314. The van der Waals surface area contributed by atoms with Crippen LogP contribution in [0.25, 0.3) is 11.4 Å². The number of rotatable bonds is 4. The van der Waals surface area contributed by atoms with Crippen LogP contribution in [-0.2, 0) is 0 Å². The number of aromatic nitrogens is 3. The Hall–Kier alpha value is -2.39. The van der Waals surface area contributed by atoms with Gasteiger partial charge in [0.05, 0.1) is 5.56 Å². The van der Waals surface area contributed by atoms with Crippen molar-refractivity contribution in [2.45, 2.75) is 0 Å². The summed E-state index contributed by atoms with van der Waals surface area (Å²) in [7, 11) is 3.62. The van der Waals surface area contributed by atoms with Gasteiger partial charge >= 0.3 is 0 Å². The van der Waals surface area contributed by atoms with Crippen molar-refractivity contribution in [3.8, 4) is 11.4 Å². The fourth-order valence-electron chi connectivity index (χ4n) is 2.11. The fraction of sp³-hybridized carbons (Fsp3) is 0.125. The number of nitrogens with one attached hydrogen (secondary N) is 1. The number of hydrogen-bond donors (Lipinski definition) is 1. The molecule has 3 rings (SSSR count). The number of hydrogen-bond acceptors (Lipinski definition) is 6. The SMILES string of the molecule is CN(C)c1ncc(Br)cc1C(=O)Nc1nc(-c2ccc(F)cc2)ns1. The lowest BCUT2D eigenvalue weighted by Gasteiger charge is -2.15. The van der Waals surface area contributed by atoms with Crippen LogP contribution in [0, 0.1) is 5.82 Å². The third-order valence-electron chi connectivity index (χ3n) is 3.25. The fourth-order valence-corrected chi connectivity index (χ4v) is 3.03. The highest BCUT2D eigenvalue weighted by Gasteiger charge is 2.17. The van der Waals surface area contributed by atoms with Gasteiger partial charge in [-0.25, -0.2) is 9.37 Å². The molecule has 3 aromatic rings. The van der Waals surface area contributed by atoms with Gasteiger partial charge in [0.15, 0.2) is 5.82 Å². The molecule has 0 fully saturated rings. The minimum Gasteiger partial charge on any atom is -0.362 e. The zero-order valence-electron chi connectivity index (χ0n) is 13.3. The smallest absolute Gasteiger partial charge is 0.261 e. The highest BCUT2D eigenvalue weighted by atomic mass is 79.9. The Bertz CT molecular complexity index is 913. The van der Waals surface area contributed by atoms with Crippen LogP contribution >= 0.6 is 27.5 Å². The summed E-state index contributed by atoms with van der Waals surface area (Å²) in [5, 5.41) is 3.08. The summed E-state index contributed by atoms with van der Waals surface area (Å²) in [6.45, 7) is 0. The minimum absolute atomic E-state index is 0.328. The molecule has 1 N–H and O–H groups in total. The predicted octanol–water partition coefficient (Wildman–Crippen LogP) is 3.82. The van der Waals surface area contributed by atoms with Crippen LogP contribution in [0.3, 0.4) is 0 Å². The first kappa shape index (κ1) is 17.4. The van der Waals surface area contributed by atoms with Gasteiger partial charge in [-0.1, -0.05) is 0 Å². The Kier molecular flexibility index (Phi) is 5.05. The van der Waals surface area contributed by atoms with E-state index in [0.29, 0.717) is 32.4 Å². The summed E-state index contributed by atoms with van der Waals surface area (Å²) >= 11 is 4.38. The Morgan fingerprint density at radius 2 is 2.00 bits per heavy atom. The monoisotopic (exact) mass is 421 g/mol. The number of carbonyl (C=O) groups excluding carboxylic acids is 1. The number of pyridine rings is 1. The van der Waals surface area contributed by atoms with Crippen molar-refractivity contribution in [1.82, 2.24) is 14.3 Å². The lowest BCUT2D eigenvalue weighted by Crippen LogP contribution is -2.19. The molecule has 128 valence electrons. The summed E-state index contributed by atoms with van der Waals surface area (Å²) < 4.78 is 17.9. The van der Waals surface area contributed by atoms with Crippen molar-refractivity contribution in [1.29, 1.82) is 0 Å². The van der Waals surface area contributed by atoms with E-state index in [1.54, 1.807) is 29.3 Å². The van der Waals surface area contributed by atoms with Crippen LogP contribution in [0.15, 0.2) is 41.0 Å². The first-order chi connectivity index (χ1) is 11.9. The molecule has 2 heterocycles. The van der Waals surface area contributed by atoms with E-state index in [0.717, 1.165) is 11.5 Å². The van der Waals surface area contributed by atoms with Crippen molar-refractivity contribution in [3.63, 3.8) is 0 Å². The van der Waals surface area contributed by atoms with E-state index in [-0.39, 0.29) is 11.7 Å². The molecule has 25 heavy (non-hydrogen) atoms. The van der Waals surface area contributed by atoms with Crippen LogP contribution in [0.4, 0.5) is 15.3 Å². The topological polar surface area (TPSA) is 71.0 Å². The molecule has 6 nitrogen and oxygen atoms in total. The van der Waals surface area contributed by atoms with Crippen molar-refractivity contribution < 1.29 is 9.18 Å². The van der Waals surface area contributed by atoms with Gasteiger partial charge in [0.2, 0.25) is 5.13 Å². The van der Waals surface area contributed by atoms with Crippen LogP contribution in [0.1, 0.15) is 10.4 Å². The first-order valence-corrected chi connectivity index (χ1v) is 8.74. The van der Waals surface area contributed by atoms with Gasteiger partial charge in [0.25, 0.3) is 5.91 Å². The van der Waals surface area contributed by atoms with E-state index >= 15 is 0 Å². The molecular formula is C16H13BrFN5OS. The number of amides is 1. The second-order valence-electron chi connectivity index (χ2n) is 5.30. The molecule has 0 radical (unpaired) electrons. The van der Waals surface area contributed by atoms with E-state index in [9.17, 15) is 9.18 Å². The zero-order chi connectivity index (χ0) is 18.0. The van der Waals surface area contributed by atoms with Gasteiger partial charge in [-0.05, 0) is 46.3 Å². The molecule has 0 bridgehead atoms. The van der Waals surface area contributed by atoms with Gasteiger partial charge in [-0.15, -0.1) is 0 Å². The molecule has 1 amide bonds. The standard InChI is InChI=1S/C16H13BrFN5OS/c1-23(2)14-12(7-10(17)8-19-14)15(24)21-16-20-13(22-25-16)9-3-5-11(18)6-4-9/h3-8H,1-2H3,(H,20,21,22,24). The molecular weight excluding hydrogens is 409 g/mol. The molecule has 9 heteroatoms. The number of benzene rings is 1. The number of carbonyl (C=O) groups is 1. The van der Waals surface area contributed by atoms with Crippen LogP contribution in [-0.4, -0.2) is 34.3 Å². The molecule has 2 aromatic heterocycles. The van der Waals surface area contributed by atoms with Gasteiger partial charge < -0.3 is 4.90 Å². The molecule has 0 saturated heterocycles. The lowest BCUT2D eigenvalue weighted by molar-refractivity contribution is 0.102. The lowest BCUT2D eigenvalue weighted by atomic mass is 10.2. The van der Waals surface area contributed by atoms with Crippen LogP contribution in [0.5, 0.6) is 0 Å². The van der Waals surface area contributed by atoms with Gasteiger partial charge in [-0.3, -0.25) is 10.1 Å². The first-order valence-electron chi connectivity index (χ1n) is 7.18. The summed E-state index contributed by atoms with van der Waals surface area (Å²) in [6, 6.07) is 7.55. The van der Waals surface area contributed by atoms with Gasteiger partial charge in [-0.2, -0.15) is 9.36 Å². The molecule has 0 unspecified atom stereocenters. The Labute approximate surface area is 156 Å². The molecule has 0 atom stereocenters. The molecule has 0 aliphatic carbocycles. The van der Waals surface area contributed by atoms with E-state index in [2.05, 4.69) is 35.6 Å². The number of nitrogens with zero attached hydrogens (tertiary/aromatic N) is 4. The largest absolute Gasteiger partial charge is 0.362 e. The molecule has 1 aromatic carbocycles. The average molecular weight is 422 g/mol. The van der Waals surface area contributed by atoms with Gasteiger partial charge in [0.1, 0.15) is 11.6 Å². The second-order valence-corrected chi connectivity index (χ2v) is 6.97. The quantitative estimate of drug-likeness (QED) is 0.692. The number of halogens is 2. The average Bonchev–Trinajstić information content (AvgIpc) is 3.03. The van der Waals surface area contributed by atoms with Crippen molar-refractivity contribution in [3.05, 3.63) is 52.4 Å². The van der Waals surface area contributed by atoms with Crippen molar-refractivity contribution in [2.75, 3.05) is 24.3 Å². The molecule has 0 aliphatic rings. The third-order valence-corrected chi connectivity index (χ3v) is 4.31. The maximum Gasteiger partial charge on any atom is 0.261 e. The summed E-state index contributed by atoms with van der Waals surface area (Å²) in [5.41, 5.74) is 1.09. The van der Waals surface area contributed by atoms with E-state index in [4.69, 9.17) is 0 Å². The maximum atomic E-state index is 13.0. The second kappa shape index (κ2) is 7.24. The van der Waals surface area contributed by atoms with Crippen LogP contribution in [0.2, 0.25) is 0 Å². The number of anilines is 2. The summed E-state index contributed by atoms with van der Waals surface area (Å²) in [6.07, 6.45) is 1.63. The molecule has 0 aliphatic heterocycles. The van der Waals surface area contributed by atoms with E-state index in [1.807, 2.05) is 14.1 Å². The Morgan fingerprint density at radius 3 is 2.68 bits per heavy atom. The van der Waals surface area contributed by atoms with E-state index < -0.39 is 0 Å². The summed E-state index contributed by atoms with van der Waals surface area (Å²) in [4.78, 5) is 22.9. The zero-order valence-corrected chi connectivity index (χ0v) is 15.7. The van der Waals surface area contributed by atoms with Gasteiger partial charge in [0, 0.05) is 41.9 Å². The van der Waals surface area contributed by atoms with Crippen molar-refractivity contribution >= 4 is 44.3 Å². The molecule has 0 spiro atoms. The van der Waals surface area contributed by atoms with Crippen LogP contribution < -0.4 is 10.2 Å². The minimum atomic E-state index is -0.334. The predicted molar refractivity (Wildman–Crippen MR) is 99.5 cm³/mol. The highest BCUT2D eigenvalue weighted by molar-refractivity contribution is 9.10. The Morgan fingerprint density at radius 1 is 1.28 bits per heavy atom. The Balaban J connectivity index is 1.83. The maximum absolute atomic E-state index is 13.0. The molecule has 0 saturated carbocycles. The normalized spacial score (nSPS) is 10.6.